The number of morpholine rings is 1. The van der Waals surface area contributed by atoms with Crippen molar-refractivity contribution in [2.45, 2.75) is 11.8 Å². The van der Waals surface area contributed by atoms with Gasteiger partial charge in [0.2, 0.25) is 31.9 Å². The van der Waals surface area contributed by atoms with Crippen LogP contribution in [0.5, 0.6) is 0 Å². The highest BCUT2D eigenvalue weighted by molar-refractivity contribution is 7.89. The summed E-state index contributed by atoms with van der Waals surface area (Å²) in [6, 6.07) is 5.53. The van der Waals surface area contributed by atoms with Crippen molar-refractivity contribution >= 4 is 37.5 Å². The number of nitrogens with zero attached hydrogens (tertiary/aromatic N) is 2. The van der Waals surface area contributed by atoms with Gasteiger partial charge < -0.3 is 15.4 Å². The van der Waals surface area contributed by atoms with Gasteiger partial charge in [-0.15, -0.1) is 0 Å². The molecule has 1 heterocycles. The van der Waals surface area contributed by atoms with Crippen LogP contribution in [0.4, 0.5) is 5.69 Å². The predicted octanol–water partition coefficient (Wildman–Crippen LogP) is -0.956. The number of nitrogens with one attached hydrogen (secondary N) is 2. The van der Waals surface area contributed by atoms with Crippen molar-refractivity contribution in [3.8, 4) is 0 Å². The molecular weight excluding hydrogens is 436 g/mol. The highest BCUT2D eigenvalue weighted by Crippen LogP contribution is 2.17. The topological polar surface area (TPSA) is 142 Å². The molecule has 13 heteroatoms. The monoisotopic (exact) mass is 462 g/mol. The van der Waals surface area contributed by atoms with E-state index in [4.69, 9.17) is 4.74 Å². The van der Waals surface area contributed by atoms with E-state index in [-0.39, 0.29) is 36.2 Å². The third-order valence-electron chi connectivity index (χ3n) is 4.29. The van der Waals surface area contributed by atoms with Gasteiger partial charge in [0.1, 0.15) is 0 Å². The molecule has 2 amide bonds. The number of ether oxygens (including phenoxy) is 1. The summed E-state index contributed by atoms with van der Waals surface area (Å²) < 4.78 is 56.9. The molecule has 168 valence electrons. The minimum Gasteiger partial charge on any atom is -0.379 e. The maximum atomic E-state index is 12.6. The smallest absolute Gasteiger partial charge is 0.243 e. The zero-order valence-electron chi connectivity index (χ0n) is 16.8. The number of benzene rings is 1. The van der Waals surface area contributed by atoms with E-state index < -0.39 is 32.5 Å². The Hall–Kier alpha value is -2.06. The van der Waals surface area contributed by atoms with Gasteiger partial charge in [0, 0.05) is 39.3 Å². The standard InChI is InChI=1S/C17H26N4O7S2/c1-14(22)19-15-3-5-16(6-4-15)30(26,27)20(2)13-17(23)18-7-12-29(24,25)21-8-10-28-11-9-21/h3-6H,7-13H2,1-2H3,(H,18,23)(H,19,22). The van der Waals surface area contributed by atoms with Crippen molar-refractivity contribution in [3.63, 3.8) is 0 Å². The summed E-state index contributed by atoms with van der Waals surface area (Å²) >= 11 is 0. The molecule has 0 bridgehead atoms. The maximum absolute atomic E-state index is 12.6. The first-order valence-electron chi connectivity index (χ1n) is 9.18. The van der Waals surface area contributed by atoms with E-state index in [0.717, 1.165) is 4.31 Å². The molecule has 1 aromatic rings. The number of carbonyl (C=O) groups excluding carboxylic acids is 2. The molecule has 1 aliphatic rings. The highest BCUT2D eigenvalue weighted by Gasteiger charge is 2.25. The number of amides is 2. The summed E-state index contributed by atoms with van der Waals surface area (Å²) in [5.74, 6) is -1.18. The van der Waals surface area contributed by atoms with Crippen molar-refractivity contribution in [2.24, 2.45) is 0 Å². The summed E-state index contributed by atoms with van der Waals surface area (Å²) in [6.45, 7) is 1.96. The lowest BCUT2D eigenvalue weighted by Gasteiger charge is -2.26. The zero-order chi connectivity index (χ0) is 22.4. The molecule has 1 saturated heterocycles. The van der Waals surface area contributed by atoms with Gasteiger partial charge in [-0.25, -0.2) is 16.8 Å². The molecule has 2 rings (SSSR count). The highest BCUT2D eigenvalue weighted by atomic mass is 32.2. The molecule has 30 heavy (non-hydrogen) atoms. The molecule has 0 spiro atoms. The Morgan fingerprint density at radius 2 is 1.70 bits per heavy atom. The number of likely N-dealkylation sites (N-methyl/N-ethyl adjacent to an activating group) is 1. The average Bonchev–Trinajstić information content (AvgIpc) is 2.68. The number of hydrogen-bond donors (Lipinski definition) is 2. The Labute approximate surface area is 176 Å². The number of carbonyl (C=O) groups is 2. The Bertz CT molecular complexity index is 956. The zero-order valence-corrected chi connectivity index (χ0v) is 18.5. The van der Waals surface area contributed by atoms with Crippen LogP contribution in [0.25, 0.3) is 0 Å². The molecule has 0 saturated carbocycles. The SMILES string of the molecule is CC(=O)Nc1ccc(S(=O)(=O)N(C)CC(=O)NCCS(=O)(=O)N2CCOCC2)cc1. The van der Waals surface area contributed by atoms with Gasteiger partial charge in [-0.3, -0.25) is 9.59 Å². The van der Waals surface area contributed by atoms with Crippen molar-refractivity contribution in [3.05, 3.63) is 24.3 Å². The van der Waals surface area contributed by atoms with Crippen molar-refractivity contribution < 1.29 is 31.2 Å². The predicted molar refractivity (Wildman–Crippen MR) is 110 cm³/mol. The lowest BCUT2D eigenvalue weighted by atomic mass is 10.3. The van der Waals surface area contributed by atoms with Crippen LogP contribution >= 0.6 is 0 Å². The number of rotatable bonds is 9. The first-order valence-corrected chi connectivity index (χ1v) is 12.2. The number of anilines is 1. The molecule has 0 radical (unpaired) electrons. The van der Waals surface area contributed by atoms with Crippen LogP contribution < -0.4 is 10.6 Å². The second kappa shape index (κ2) is 10.3. The minimum atomic E-state index is -3.93. The molecule has 1 fully saturated rings. The van der Waals surface area contributed by atoms with E-state index in [1.165, 1.54) is 42.5 Å². The average molecular weight is 463 g/mol. The van der Waals surface area contributed by atoms with Crippen LogP contribution in [0.15, 0.2) is 29.2 Å². The van der Waals surface area contributed by atoms with Gasteiger partial charge >= 0.3 is 0 Å². The third kappa shape index (κ3) is 6.74. The van der Waals surface area contributed by atoms with Gasteiger partial charge in [0.25, 0.3) is 0 Å². The Morgan fingerprint density at radius 1 is 1.10 bits per heavy atom. The minimum absolute atomic E-state index is 0.0400. The van der Waals surface area contributed by atoms with Crippen molar-refractivity contribution in [2.75, 3.05) is 57.5 Å². The molecule has 1 aliphatic heterocycles. The maximum Gasteiger partial charge on any atom is 0.243 e. The summed E-state index contributed by atoms with van der Waals surface area (Å²) in [6.07, 6.45) is 0. The molecule has 0 atom stereocenters. The molecular formula is C17H26N4O7S2. The molecule has 2 N–H and O–H groups in total. The Balaban J connectivity index is 1.87. The van der Waals surface area contributed by atoms with Crippen LogP contribution in [0.3, 0.4) is 0 Å². The third-order valence-corrected chi connectivity index (χ3v) is 7.98. The number of sulfonamides is 2. The van der Waals surface area contributed by atoms with E-state index in [1.807, 2.05) is 0 Å². The van der Waals surface area contributed by atoms with Crippen molar-refractivity contribution in [1.29, 1.82) is 0 Å². The van der Waals surface area contributed by atoms with Gasteiger partial charge in [0.05, 0.1) is 30.4 Å². The van der Waals surface area contributed by atoms with Crippen molar-refractivity contribution in [1.82, 2.24) is 13.9 Å². The van der Waals surface area contributed by atoms with Crippen LogP contribution in [-0.4, -0.2) is 89.5 Å². The van der Waals surface area contributed by atoms with Crippen LogP contribution in [0.1, 0.15) is 6.92 Å². The summed E-state index contributed by atoms with van der Waals surface area (Å²) in [5.41, 5.74) is 0.448. The fourth-order valence-electron chi connectivity index (χ4n) is 2.71. The molecule has 11 nitrogen and oxygen atoms in total. The quantitative estimate of drug-likeness (QED) is 0.481. The lowest BCUT2D eigenvalue weighted by Crippen LogP contribution is -2.45. The second-order valence-corrected chi connectivity index (χ2v) is 10.8. The molecule has 0 aliphatic carbocycles. The second-order valence-electron chi connectivity index (χ2n) is 6.64. The fraction of sp³-hybridized carbons (Fsp3) is 0.529. The van der Waals surface area contributed by atoms with Crippen LogP contribution in [0.2, 0.25) is 0 Å². The Kier molecular flexibility index (Phi) is 8.32. The summed E-state index contributed by atoms with van der Waals surface area (Å²) in [7, 11) is -6.19. The summed E-state index contributed by atoms with van der Waals surface area (Å²) in [5, 5.41) is 4.97. The van der Waals surface area contributed by atoms with E-state index in [0.29, 0.717) is 18.9 Å². The summed E-state index contributed by atoms with van der Waals surface area (Å²) in [4.78, 5) is 23.1. The fourth-order valence-corrected chi connectivity index (χ4v) is 5.16. The van der Waals surface area contributed by atoms with Gasteiger partial charge in [-0.2, -0.15) is 8.61 Å². The van der Waals surface area contributed by atoms with E-state index in [9.17, 15) is 26.4 Å². The first-order chi connectivity index (χ1) is 14.0. The van der Waals surface area contributed by atoms with Gasteiger partial charge in [-0.05, 0) is 24.3 Å². The number of hydrogen-bond acceptors (Lipinski definition) is 7. The van der Waals surface area contributed by atoms with Crippen LogP contribution in [0, 0.1) is 0 Å². The van der Waals surface area contributed by atoms with Crippen LogP contribution in [-0.2, 0) is 34.4 Å². The van der Waals surface area contributed by atoms with E-state index >= 15 is 0 Å². The Morgan fingerprint density at radius 3 is 2.27 bits per heavy atom. The molecule has 0 unspecified atom stereocenters. The van der Waals surface area contributed by atoms with Gasteiger partial charge in [-0.1, -0.05) is 0 Å². The molecule has 1 aromatic carbocycles. The van der Waals surface area contributed by atoms with E-state index in [2.05, 4.69) is 10.6 Å². The van der Waals surface area contributed by atoms with E-state index in [1.54, 1.807) is 0 Å². The normalized spacial score (nSPS) is 15.7. The van der Waals surface area contributed by atoms with Gasteiger partial charge in [0.15, 0.2) is 0 Å². The lowest BCUT2D eigenvalue weighted by molar-refractivity contribution is -0.121. The molecule has 0 aromatic heterocycles. The largest absolute Gasteiger partial charge is 0.379 e. The first kappa shape index (κ1) is 24.2.